The Labute approximate surface area is 197 Å². The maximum absolute atomic E-state index is 5.62. The van der Waals surface area contributed by atoms with Crippen LogP contribution in [-0.2, 0) is 11.3 Å². The number of benzene rings is 1. The van der Waals surface area contributed by atoms with Crippen molar-refractivity contribution in [1.29, 1.82) is 0 Å². The van der Waals surface area contributed by atoms with Crippen LogP contribution in [0.1, 0.15) is 50.5 Å². The minimum atomic E-state index is 0. The molecule has 166 valence electrons. The topological polar surface area (TPSA) is 62.0 Å². The van der Waals surface area contributed by atoms with Crippen molar-refractivity contribution in [3.8, 4) is 0 Å². The van der Waals surface area contributed by atoms with Gasteiger partial charge < -0.3 is 24.7 Å². The fourth-order valence-corrected chi connectivity index (χ4v) is 3.50. The molecule has 1 aliphatic rings. The maximum atomic E-state index is 5.62. The van der Waals surface area contributed by atoms with E-state index in [9.17, 15) is 0 Å². The predicted molar refractivity (Wildman–Crippen MR) is 134 cm³/mol. The van der Waals surface area contributed by atoms with Crippen LogP contribution in [-0.4, -0.2) is 38.7 Å². The van der Waals surface area contributed by atoms with Crippen LogP contribution in [0.5, 0.6) is 0 Å². The van der Waals surface area contributed by atoms with Crippen LogP contribution in [0.15, 0.2) is 52.1 Å². The van der Waals surface area contributed by atoms with Crippen LogP contribution in [0.3, 0.4) is 0 Å². The summed E-state index contributed by atoms with van der Waals surface area (Å²) in [5.41, 5.74) is 2.60. The van der Waals surface area contributed by atoms with Crippen LogP contribution in [0.2, 0.25) is 0 Å². The van der Waals surface area contributed by atoms with Gasteiger partial charge in [0.15, 0.2) is 5.96 Å². The zero-order valence-corrected chi connectivity index (χ0v) is 20.4. The number of anilines is 1. The van der Waals surface area contributed by atoms with Gasteiger partial charge in [-0.05, 0) is 62.9 Å². The van der Waals surface area contributed by atoms with Crippen molar-refractivity contribution in [2.75, 3.05) is 37.7 Å². The van der Waals surface area contributed by atoms with Gasteiger partial charge in [0.05, 0.1) is 12.3 Å². The number of aliphatic imine (C=N–C) groups is 1. The monoisotopic (exact) mass is 526 g/mol. The number of guanidine groups is 1. The summed E-state index contributed by atoms with van der Waals surface area (Å²) in [6.45, 7) is 9.32. The first kappa shape index (κ1) is 24.5. The van der Waals surface area contributed by atoms with E-state index >= 15 is 0 Å². The maximum Gasteiger partial charge on any atom is 0.191 e. The highest BCUT2D eigenvalue weighted by atomic mass is 127. The second-order valence-electron chi connectivity index (χ2n) is 7.40. The number of halogens is 1. The predicted octanol–water partition coefficient (Wildman–Crippen LogP) is 4.72. The van der Waals surface area contributed by atoms with Crippen molar-refractivity contribution in [2.24, 2.45) is 4.99 Å². The molecule has 6 nitrogen and oxygen atoms in total. The van der Waals surface area contributed by atoms with E-state index in [0.29, 0.717) is 19.8 Å². The number of nitrogens with zero attached hydrogens (tertiary/aromatic N) is 2. The molecule has 1 aliphatic heterocycles. The molecule has 2 N–H and O–H groups in total. The van der Waals surface area contributed by atoms with Gasteiger partial charge in [-0.1, -0.05) is 12.1 Å². The van der Waals surface area contributed by atoms with Gasteiger partial charge in [0.25, 0.3) is 0 Å². The molecule has 1 aromatic carbocycles. The first-order valence-corrected chi connectivity index (χ1v) is 10.8. The molecule has 0 bridgehead atoms. The van der Waals surface area contributed by atoms with E-state index in [-0.39, 0.29) is 30.0 Å². The number of rotatable bonds is 10. The summed E-state index contributed by atoms with van der Waals surface area (Å²) < 4.78 is 10.9. The molecule has 0 radical (unpaired) electrons. The molecule has 1 fully saturated rings. The Morgan fingerprint density at radius 1 is 1.23 bits per heavy atom. The summed E-state index contributed by atoms with van der Waals surface area (Å²) >= 11 is 0. The number of ether oxygens (including phenoxy) is 1. The largest absolute Gasteiger partial charge is 0.467 e. The van der Waals surface area contributed by atoms with E-state index in [4.69, 9.17) is 14.1 Å². The first-order valence-electron chi connectivity index (χ1n) is 10.8. The number of furan rings is 1. The van der Waals surface area contributed by atoms with E-state index in [2.05, 4.69) is 53.6 Å². The Hall–Kier alpha value is -1.74. The summed E-state index contributed by atoms with van der Waals surface area (Å²) in [7, 11) is 0. The van der Waals surface area contributed by atoms with Crippen LogP contribution in [0.4, 0.5) is 5.69 Å². The number of hydrogen-bond acceptors (Lipinski definition) is 4. The van der Waals surface area contributed by atoms with Crippen molar-refractivity contribution in [1.82, 2.24) is 10.6 Å². The summed E-state index contributed by atoms with van der Waals surface area (Å²) in [6.07, 6.45) is 5.12. The quantitative estimate of drug-likeness (QED) is 0.203. The zero-order valence-electron chi connectivity index (χ0n) is 18.1. The fraction of sp³-hybridized carbons (Fsp3) is 0.522. The summed E-state index contributed by atoms with van der Waals surface area (Å²) in [5, 5.41) is 6.87. The van der Waals surface area contributed by atoms with Gasteiger partial charge in [-0.25, -0.2) is 0 Å². The van der Waals surface area contributed by atoms with E-state index in [1.807, 2.05) is 12.1 Å². The lowest BCUT2D eigenvalue weighted by molar-refractivity contribution is 0.105. The lowest BCUT2D eigenvalue weighted by Gasteiger charge is -2.22. The Bertz CT molecular complexity index is 745. The van der Waals surface area contributed by atoms with E-state index in [1.54, 1.807) is 6.26 Å². The highest BCUT2D eigenvalue weighted by molar-refractivity contribution is 14.0. The average Bonchev–Trinajstić information content (AvgIpc) is 3.45. The second-order valence-corrected chi connectivity index (χ2v) is 7.40. The Balaban J connectivity index is 0.00000320. The molecule has 7 heteroatoms. The zero-order chi connectivity index (χ0) is 20.3. The van der Waals surface area contributed by atoms with Crippen LogP contribution < -0.4 is 15.5 Å². The van der Waals surface area contributed by atoms with E-state index < -0.39 is 0 Å². The van der Waals surface area contributed by atoms with Crippen molar-refractivity contribution in [3.05, 3.63) is 54.0 Å². The molecule has 1 unspecified atom stereocenters. The highest BCUT2D eigenvalue weighted by Crippen LogP contribution is 2.23. The minimum absolute atomic E-state index is 0. The molecule has 0 aliphatic carbocycles. The molecule has 0 saturated carbocycles. The van der Waals surface area contributed by atoms with Gasteiger partial charge in [0, 0.05) is 38.5 Å². The summed E-state index contributed by atoms with van der Waals surface area (Å²) in [6, 6.07) is 12.8. The molecular weight excluding hydrogens is 491 g/mol. The number of nitrogens with one attached hydrogen (secondary N) is 2. The molecule has 1 aromatic heterocycles. The summed E-state index contributed by atoms with van der Waals surface area (Å²) in [4.78, 5) is 7.16. The third-order valence-electron chi connectivity index (χ3n) is 5.08. The van der Waals surface area contributed by atoms with Gasteiger partial charge in [-0.15, -0.1) is 24.0 Å². The molecule has 2 aromatic rings. The Kier molecular flexibility index (Phi) is 11.1. The minimum Gasteiger partial charge on any atom is -0.467 e. The molecular formula is C23H35IN4O2. The van der Waals surface area contributed by atoms with Crippen molar-refractivity contribution < 1.29 is 9.15 Å². The molecule has 0 spiro atoms. The van der Waals surface area contributed by atoms with Gasteiger partial charge in [0.2, 0.25) is 0 Å². The smallest absolute Gasteiger partial charge is 0.191 e. The van der Waals surface area contributed by atoms with Crippen LogP contribution >= 0.6 is 24.0 Å². The van der Waals surface area contributed by atoms with Gasteiger partial charge >= 0.3 is 0 Å². The fourth-order valence-electron chi connectivity index (χ4n) is 3.50. The molecule has 1 atom stereocenters. The third kappa shape index (κ3) is 7.83. The Morgan fingerprint density at radius 3 is 2.80 bits per heavy atom. The molecule has 2 heterocycles. The average molecular weight is 526 g/mol. The number of hydrogen-bond donors (Lipinski definition) is 2. The molecule has 30 heavy (non-hydrogen) atoms. The molecule has 3 rings (SSSR count). The lowest BCUT2D eigenvalue weighted by atomic mass is 10.1. The Morgan fingerprint density at radius 2 is 2.07 bits per heavy atom. The third-order valence-corrected chi connectivity index (χ3v) is 5.08. The van der Waals surface area contributed by atoms with Gasteiger partial charge in [-0.2, -0.15) is 0 Å². The first-order chi connectivity index (χ1) is 14.3. The SMILES string of the molecule is CCNC(=NCCCOCc1ccco1)NC(C)c1cccc(N2CCCC2)c1.I. The second kappa shape index (κ2) is 13.5. The van der Waals surface area contributed by atoms with Crippen molar-refractivity contribution >= 4 is 35.6 Å². The highest BCUT2D eigenvalue weighted by Gasteiger charge is 2.14. The molecule has 0 amide bonds. The van der Waals surface area contributed by atoms with Crippen molar-refractivity contribution in [3.63, 3.8) is 0 Å². The van der Waals surface area contributed by atoms with Gasteiger partial charge in [-0.3, -0.25) is 4.99 Å². The van der Waals surface area contributed by atoms with Gasteiger partial charge in [0.1, 0.15) is 12.4 Å². The van der Waals surface area contributed by atoms with E-state index in [1.165, 1.54) is 24.1 Å². The van der Waals surface area contributed by atoms with Crippen LogP contribution in [0.25, 0.3) is 0 Å². The summed E-state index contributed by atoms with van der Waals surface area (Å²) in [5.74, 6) is 1.70. The molecule has 1 saturated heterocycles. The van der Waals surface area contributed by atoms with Crippen LogP contribution in [0, 0.1) is 0 Å². The standard InChI is InChI=1S/C23H34N4O2.HI/c1-3-24-23(25-12-8-15-28-18-22-11-7-16-29-22)26-19(2)20-9-6-10-21(17-20)27-13-4-5-14-27;/h6-7,9-11,16-17,19H,3-5,8,12-15,18H2,1-2H3,(H2,24,25,26);1H. The van der Waals surface area contributed by atoms with E-state index in [0.717, 1.165) is 37.8 Å². The normalized spacial score (nSPS) is 15.0. The van der Waals surface area contributed by atoms with Crippen molar-refractivity contribution in [2.45, 2.75) is 45.8 Å². The lowest BCUT2D eigenvalue weighted by Crippen LogP contribution is -2.38.